The van der Waals surface area contributed by atoms with E-state index in [9.17, 15) is 26.3 Å². The molecule has 158 valence electrons. The fraction of sp³-hybridized carbons (Fsp3) is 0.619. The van der Waals surface area contributed by atoms with Gasteiger partial charge in [0.2, 0.25) is 0 Å². The van der Waals surface area contributed by atoms with E-state index in [1.807, 2.05) is 13.0 Å². The summed E-state index contributed by atoms with van der Waals surface area (Å²) >= 11 is 0. The Bertz CT molecular complexity index is 632. The van der Waals surface area contributed by atoms with Gasteiger partial charge in [0.05, 0.1) is 12.2 Å². The lowest BCUT2D eigenvalue weighted by molar-refractivity contribution is -0.140. The van der Waals surface area contributed by atoms with Crippen LogP contribution in [0, 0.1) is 17.7 Å². The van der Waals surface area contributed by atoms with E-state index in [-0.39, 0.29) is 18.1 Å². The zero-order valence-electron chi connectivity index (χ0n) is 15.8. The van der Waals surface area contributed by atoms with Crippen LogP contribution in [-0.2, 0) is 17.5 Å². The maximum Gasteiger partial charge on any atom is 0.419 e. The topological polar surface area (TPSA) is 9.23 Å². The number of hydrogen-bond donors (Lipinski definition) is 0. The van der Waals surface area contributed by atoms with E-state index in [1.165, 1.54) is 0 Å². The summed E-state index contributed by atoms with van der Waals surface area (Å²) in [5, 5.41) is 0. The first-order valence-corrected chi connectivity index (χ1v) is 9.59. The lowest BCUT2D eigenvalue weighted by Crippen LogP contribution is -2.34. The quantitative estimate of drug-likeness (QED) is 0.328. The summed E-state index contributed by atoms with van der Waals surface area (Å²) in [4.78, 5) is 0. The predicted octanol–water partition coefficient (Wildman–Crippen LogP) is 7.16. The molecular formula is C21H26F6O. The molecule has 1 aromatic rings. The molecule has 0 aliphatic heterocycles. The van der Waals surface area contributed by atoms with E-state index >= 15 is 0 Å². The molecule has 1 aliphatic rings. The van der Waals surface area contributed by atoms with E-state index in [0.29, 0.717) is 30.9 Å². The van der Waals surface area contributed by atoms with Crippen LogP contribution >= 0.6 is 0 Å². The van der Waals surface area contributed by atoms with Crippen molar-refractivity contribution in [3.8, 4) is 0 Å². The molecule has 0 heterocycles. The minimum Gasteiger partial charge on any atom is -0.367 e. The van der Waals surface area contributed by atoms with Crippen LogP contribution in [-0.4, -0.2) is 12.5 Å². The fourth-order valence-corrected chi connectivity index (χ4v) is 3.79. The molecule has 1 aromatic carbocycles. The Kier molecular flexibility index (Phi) is 8.40. The van der Waals surface area contributed by atoms with Gasteiger partial charge in [0.25, 0.3) is 6.43 Å². The first kappa shape index (κ1) is 22.8. The van der Waals surface area contributed by atoms with Crippen molar-refractivity contribution in [3.05, 3.63) is 47.3 Å². The number of benzene rings is 1. The molecule has 1 atom stereocenters. The average Bonchev–Trinajstić information content (AvgIpc) is 2.62. The summed E-state index contributed by atoms with van der Waals surface area (Å²) in [6.45, 7) is 1.62. The highest BCUT2D eigenvalue weighted by atomic mass is 19.4. The summed E-state index contributed by atoms with van der Waals surface area (Å²) in [6.07, 6.45) is 0.353. The number of allylic oxidation sites excluding steroid dienone is 2. The third kappa shape index (κ3) is 6.54. The van der Waals surface area contributed by atoms with E-state index in [0.717, 1.165) is 31.7 Å². The first-order valence-electron chi connectivity index (χ1n) is 9.59. The molecule has 0 N–H and O–H groups in total. The number of alkyl halides is 5. The highest BCUT2D eigenvalue weighted by Gasteiger charge is 2.35. The summed E-state index contributed by atoms with van der Waals surface area (Å²) < 4.78 is 83.7. The molecular weight excluding hydrogens is 382 g/mol. The van der Waals surface area contributed by atoms with Crippen molar-refractivity contribution in [2.24, 2.45) is 11.8 Å². The zero-order chi connectivity index (χ0) is 20.7. The molecule has 1 fully saturated rings. The van der Waals surface area contributed by atoms with Crippen molar-refractivity contribution in [2.75, 3.05) is 0 Å². The van der Waals surface area contributed by atoms with Gasteiger partial charge >= 0.3 is 6.18 Å². The molecule has 1 unspecified atom stereocenters. The van der Waals surface area contributed by atoms with Gasteiger partial charge < -0.3 is 4.74 Å². The molecule has 28 heavy (non-hydrogen) atoms. The Morgan fingerprint density at radius 3 is 2.36 bits per heavy atom. The average molecular weight is 408 g/mol. The summed E-state index contributed by atoms with van der Waals surface area (Å²) in [5.41, 5.74) is -1.27. The smallest absolute Gasteiger partial charge is 0.367 e. The van der Waals surface area contributed by atoms with Gasteiger partial charge in [0.1, 0.15) is 11.9 Å². The number of halogens is 6. The van der Waals surface area contributed by atoms with Crippen LogP contribution in [0.3, 0.4) is 0 Å². The van der Waals surface area contributed by atoms with Crippen molar-refractivity contribution in [1.29, 1.82) is 0 Å². The molecule has 0 bridgehead atoms. The second-order valence-electron chi connectivity index (χ2n) is 7.35. The van der Waals surface area contributed by atoms with Gasteiger partial charge in [0, 0.05) is 0 Å². The minimum absolute atomic E-state index is 0.108. The van der Waals surface area contributed by atoms with Crippen LogP contribution in [0.15, 0.2) is 30.4 Å². The Morgan fingerprint density at radius 1 is 1.14 bits per heavy atom. The molecule has 1 nitrogen and oxygen atoms in total. The third-order valence-electron chi connectivity index (χ3n) is 5.36. The van der Waals surface area contributed by atoms with Crippen LogP contribution < -0.4 is 0 Å². The number of rotatable bonds is 8. The van der Waals surface area contributed by atoms with Crippen LogP contribution in [0.4, 0.5) is 26.3 Å². The molecule has 1 aliphatic carbocycles. The normalized spacial score (nSPS) is 22.1. The number of hydrogen-bond acceptors (Lipinski definition) is 1. The maximum absolute atomic E-state index is 13.6. The van der Waals surface area contributed by atoms with Crippen molar-refractivity contribution in [2.45, 2.75) is 70.8 Å². The zero-order valence-corrected chi connectivity index (χ0v) is 15.8. The Hall–Kier alpha value is -1.50. The molecule has 0 spiro atoms. The fourth-order valence-electron chi connectivity index (χ4n) is 3.79. The third-order valence-corrected chi connectivity index (χ3v) is 5.36. The van der Waals surface area contributed by atoms with Crippen LogP contribution in [0.25, 0.3) is 0 Å². The standard InChI is InChI=1S/C21H26F6O/c1-2-3-4-5-14-6-9-16(10-7-14)19(20(23)24)28-13-15-8-11-17(18(22)12-15)21(25,26)27/h2-3,8,11-12,14,16,19-20H,4-7,9-10,13H2,1H3/b3-2+. The van der Waals surface area contributed by atoms with Gasteiger partial charge in [-0.05, 0) is 62.1 Å². The second-order valence-corrected chi connectivity index (χ2v) is 7.35. The SMILES string of the molecule is C/C=C/CCC1CCC(C(OCc2ccc(C(F)(F)F)c(F)c2)C(F)F)CC1. The van der Waals surface area contributed by atoms with Gasteiger partial charge in [0.15, 0.2) is 0 Å². The molecule has 2 rings (SSSR count). The molecule has 0 aromatic heterocycles. The van der Waals surface area contributed by atoms with Gasteiger partial charge in [-0.15, -0.1) is 0 Å². The van der Waals surface area contributed by atoms with Crippen LogP contribution in [0.1, 0.15) is 56.6 Å². The van der Waals surface area contributed by atoms with E-state index in [1.54, 1.807) is 0 Å². The van der Waals surface area contributed by atoms with Gasteiger partial charge in [-0.1, -0.05) is 31.1 Å². The van der Waals surface area contributed by atoms with Gasteiger partial charge in [-0.2, -0.15) is 13.2 Å². The largest absolute Gasteiger partial charge is 0.419 e. The molecule has 0 saturated heterocycles. The van der Waals surface area contributed by atoms with E-state index in [4.69, 9.17) is 4.74 Å². The maximum atomic E-state index is 13.6. The predicted molar refractivity (Wildman–Crippen MR) is 95.5 cm³/mol. The van der Waals surface area contributed by atoms with Crippen molar-refractivity contribution < 1.29 is 31.1 Å². The van der Waals surface area contributed by atoms with E-state index in [2.05, 4.69) is 6.08 Å². The highest BCUT2D eigenvalue weighted by molar-refractivity contribution is 5.26. The molecule has 7 heteroatoms. The second kappa shape index (κ2) is 10.3. The Labute approximate surface area is 161 Å². The lowest BCUT2D eigenvalue weighted by atomic mass is 9.77. The van der Waals surface area contributed by atoms with Gasteiger partial charge in [-0.3, -0.25) is 0 Å². The molecule has 0 amide bonds. The summed E-state index contributed by atoms with van der Waals surface area (Å²) in [6, 6.07) is 2.37. The van der Waals surface area contributed by atoms with Crippen molar-refractivity contribution in [3.63, 3.8) is 0 Å². The van der Waals surface area contributed by atoms with E-state index < -0.39 is 30.1 Å². The molecule has 0 radical (unpaired) electrons. The van der Waals surface area contributed by atoms with Crippen molar-refractivity contribution in [1.82, 2.24) is 0 Å². The molecule has 1 saturated carbocycles. The van der Waals surface area contributed by atoms with Gasteiger partial charge in [-0.25, -0.2) is 13.2 Å². The Morgan fingerprint density at radius 2 is 1.82 bits per heavy atom. The highest BCUT2D eigenvalue weighted by Crippen LogP contribution is 2.36. The minimum atomic E-state index is -4.79. The van der Waals surface area contributed by atoms with Crippen LogP contribution in [0.5, 0.6) is 0 Å². The Balaban J connectivity index is 1.91. The van der Waals surface area contributed by atoms with Crippen molar-refractivity contribution >= 4 is 0 Å². The summed E-state index contributed by atoms with van der Waals surface area (Å²) in [5.74, 6) is -1.20. The van der Waals surface area contributed by atoms with Crippen LogP contribution in [0.2, 0.25) is 0 Å². The number of ether oxygens (including phenoxy) is 1. The first-order chi connectivity index (χ1) is 13.2. The monoisotopic (exact) mass is 408 g/mol. The summed E-state index contributed by atoms with van der Waals surface area (Å²) in [7, 11) is 0. The lowest BCUT2D eigenvalue weighted by Gasteiger charge is -2.33.